The highest BCUT2D eigenvalue weighted by molar-refractivity contribution is 7.19. The molecule has 144 valence electrons. The van der Waals surface area contributed by atoms with Crippen LogP contribution >= 0.6 is 22.9 Å². The summed E-state index contributed by atoms with van der Waals surface area (Å²) in [6, 6.07) is 14.5. The molecule has 2 aromatic heterocycles. The molecule has 0 radical (unpaired) electrons. The third-order valence-corrected chi connectivity index (χ3v) is 6.29. The van der Waals surface area contributed by atoms with Gasteiger partial charge in [0.2, 0.25) is 0 Å². The highest BCUT2D eigenvalue weighted by Gasteiger charge is 2.19. The van der Waals surface area contributed by atoms with E-state index in [0.29, 0.717) is 13.0 Å². The molecule has 3 aromatic rings. The molecule has 28 heavy (non-hydrogen) atoms. The highest BCUT2D eigenvalue weighted by Crippen LogP contribution is 2.34. The quantitative estimate of drug-likeness (QED) is 0.492. The number of nitrogens with zero attached hydrogens (tertiary/aromatic N) is 1. The summed E-state index contributed by atoms with van der Waals surface area (Å²) in [5.41, 5.74) is 7.23. The van der Waals surface area contributed by atoms with Crippen molar-refractivity contribution in [2.45, 2.75) is 39.0 Å². The van der Waals surface area contributed by atoms with Crippen molar-refractivity contribution in [3.8, 4) is 10.6 Å². The smallest absolute Gasteiger partial charge is 0.310 e. The van der Waals surface area contributed by atoms with Gasteiger partial charge >= 0.3 is 5.97 Å². The van der Waals surface area contributed by atoms with Crippen LogP contribution in [0.5, 0.6) is 0 Å². The average molecular weight is 412 g/mol. The summed E-state index contributed by atoms with van der Waals surface area (Å²) < 4.78 is 5.81. The molecule has 1 aromatic carbocycles. The van der Waals surface area contributed by atoms with Crippen molar-refractivity contribution in [1.29, 1.82) is 0 Å². The fraction of sp³-hybridized carbons (Fsp3) is 0.304. The van der Waals surface area contributed by atoms with Gasteiger partial charge < -0.3 is 4.74 Å². The molecule has 0 aliphatic heterocycles. The van der Waals surface area contributed by atoms with Crippen molar-refractivity contribution < 1.29 is 9.53 Å². The Morgan fingerprint density at radius 3 is 2.64 bits per heavy atom. The molecule has 0 amide bonds. The number of thiophene rings is 1. The predicted octanol–water partition coefficient (Wildman–Crippen LogP) is 5.65. The van der Waals surface area contributed by atoms with Crippen molar-refractivity contribution in [3.63, 3.8) is 0 Å². The van der Waals surface area contributed by atoms with E-state index >= 15 is 0 Å². The van der Waals surface area contributed by atoms with Gasteiger partial charge in [-0.05, 0) is 73.1 Å². The molecule has 0 bridgehead atoms. The van der Waals surface area contributed by atoms with E-state index in [1.165, 1.54) is 28.8 Å². The second-order valence-corrected chi connectivity index (χ2v) is 8.74. The first kappa shape index (κ1) is 19.2. The van der Waals surface area contributed by atoms with Gasteiger partial charge in [-0.1, -0.05) is 35.9 Å². The molecular formula is C23H22ClNO2S. The first-order valence-electron chi connectivity index (χ1n) is 9.63. The van der Waals surface area contributed by atoms with Crippen LogP contribution in [0.2, 0.25) is 4.34 Å². The maximum Gasteiger partial charge on any atom is 0.310 e. The predicted molar refractivity (Wildman–Crippen MR) is 114 cm³/mol. The SMILES string of the molecule is CCOC(=O)Cc1ccc(Cc2cc(-c3ccc(Cl)s3)nc3c2CCC3)cc1. The number of benzene rings is 1. The molecule has 3 nitrogen and oxygen atoms in total. The lowest BCUT2D eigenvalue weighted by Gasteiger charge is -2.11. The van der Waals surface area contributed by atoms with Gasteiger partial charge in [0.1, 0.15) is 0 Å². The highest BCUT2D eigenvalue weighted by atomic mass is 35.5. The van der Waals surface area contributed by atoms with E-state index in [9.17, 15) is 4.79 Å². The van der Waals surface area contributed by atoms with Crippen LogP contribution in [0.3, 0.4) is 0 Å². The molecular weight excluding hydrogens is 390 g/mol. The van der Waals surface area contributed by atoms with Crippen molar-refractivity contribution >= 4 is 28.9 Å². The van der Waals surface area contributed by atoms with E-state index in [4.69, 9.17) is 21.3 Å². The number of fused-ring (bicyclic) bond motifs is 1. The third-order valence-electron chi connectivity index (χ3n) is 5.04. The number of aryl methyl sites for hydroxylation is 1. The minimum Gasteiger partial charge on any atom is -0.466 e. The topological polar surface area (TPSA) is 39.2 Å². The lowest BCUT2D eigenvalue weighted by atomic mass is 9.97. The van der Waals surface area contributed by atoms with Gasteiger partial charge in [-0.15, -0.1) is 11.3 Å². The van der Waals surface area contributed by atoms with Gasteiger partial charge in [-0.25, -0.2) is 0 Å². The van der Waals surface area contributed by atoms with Crippen LogP contribution in [-0.2, 0) is 35.2 Å². The number of carbonyl (C=O) groups excluding carboxylic acids is 1. The van der Waals surface area contributed by atoms with E-state index in [0.717, 1.165) is 39.7 Å². The molecule has 0 saturated heterocycles. The first-order chi connectivity index (χ1) is 13.6. The third kappa shape index (κ3) is 4.29. The van der Waals surface area contributed by atoms with Crippen LogP contribution in [0.4, 0.5) is 0 Å². The number of aromatic nitrogens is 1. The Bertz CT molecular complexity index is 994. The van der Waals surface area contributed by atoms with Gasteiger partial charge in [0.15, 0.2) is 0 Å². The average Bonchev–Trinajstić information content (AvgIpc) is 3.32. The van der Waals surface area contributed by atoms with E-state index in [1.54, 1.807) is 11.3 Å². The Morgan fingerprint density at radius 2 is 1.93 bits per heavy atom. The standard InChI is InChI=1S/C23H22ClNO2S/c1-2-27-23(26)13-16-8-6-15(7-9-16)12-17-14-20(21-10-11-22(24)28-21)25-19-5-3-4-18(17)19/h6-11,14H,2-5,12-13H2,1H3. The summed E-state index contributed by atoms with van der Waals surface area (Å²) in [6.45, 7) is 2.24. The Hall–Kier alpha value is -2.17. The van der Waals surface area contributed by atoms with Gasteiger partial charge in [0.25, 0.3) is 0 Å². The Kier molecular flexibility index (Phi) is 5.79. The number of halogens is 1. The Balaban J connectivity index is 1.57. The molecule has 0 saturated carbocycles. The number of esters is 1. The summed E-state index contributed by atoms with van der Waals surface area (Å²) in [5, 5.41) is 0. The molecule has 0 fully saturated rings. The summed E-state index contributed by atoms with van der Waals surface area (Å²) >= 11 is 7.70. The van der Waals surface area contributed by atoms with Gasteiger partial charge in [0.05, 0.1) is 27.9 Å². The molecule has 0 spiro atoms. The second kappa shape index (κ2) is 8.46. The number of carbonyl (C=O) groups is 1. The first-order valence-corrected chi connectivity index (χ1v) is 10.8. The number of pyridine rings is 1. The normalized spacial score (nSPS) is 12.8. The van der Waals surface area contributed by atoms with E-state index in [1.807, 2.05) is 31.2 Å². The number of ether oxygens (including phenoxy) is 1. The van der Waals surface area contributed by atoms with E-state index in [2.05, 4.69) is 18.2 Å². The molecule has 1 aliphatic rings. The zero-order chi connectivity index (χ0) is 19.5. The maximum absolute atomic E-state index is 11.7. The summed E-state index contributed by atoms with van der Waals surface area (Å²) in [5.74, 6) is -0.179. The van der Waals surface area contributed by atoms with Crippen LogP contribution in [0, 0.1) is 0 Å². The second-order valence-electron chi connectivity index (χ2n) is 7.02. The summed E-state index contributed by atoms with van der Waals surface area (Å²) in [7, 11) is 0. The van der Waals surface area contributed by atoms with Crippen LogP contribution in [-0.4, -0.2) is 17.6 Å². The van der Waals surface area contributed by atoms with Gasteiger partial charge in [-0.3, -0.25) is 9.78 Å². The van der Waals surface area contributed by atoms with Crippen molar-refractivity contribution in [2.24, 2.45) is 0 Å². The molecule has 0 unspecified atom stereocenters. The minimum absolute atomic E-state index is 0.179. The minimum atomic E-state index is -0.179. The molecule has 5 heteroatoms. The molecule has 4 rings (SSSR count). The van der Waals surface area contributed by atoms with Crippen LogP contribution in [0.15, 0.2) is 42.5 Å². The van der Waals surface area contributed by atoms with Crippen LogP contribution in [0.25, 0.3) is 10.6 Å². The van der Waals surface area contributed by atoms with Crippen molar-refractivity contribution in [3.05, 3.63) is 74.7 Å². The monoisotopic (exact) mass is 411 g/mol. The largest absolute Gasteiger partial charge is 0.466 e. The number of rotatable bonds is 6. The van der Waals surface area contributed by atoms with Crippen LogP contribution < -0.4 is 0 Å². The Labute approximate surface area is 174 Å². The van der Waals surface area contributed by atoms with Crippen molar-refractivity contribution in [2.75, 3.05) is 6.61 Å². The molecule has 1 aliphatic carbocycles. The number of hydrogen-bond donors (Lipinski definition) is 0. The summed E-state index contributed by atoms with van der Waals surface area (Å²) in [6.07, 6.45) is 4.51. The fourth-order valence-electron chi connectivity index (χ4n) is 3.74. The van der Waals surface area contributed by atoms with Crippen LogP contribution in [0.1, 0.15) is 41.3 Å². The van der Waals surface area contributed by atoms with Gasteiger partial charge in [0, 0.05) is 5.69 Å². The Morgan fingerprint density at radius 1 is 1.14 bits per heavy atom. The van der Waals surface area contributed by atoms with E-state index < -0.39 is 0 Å². The zero-order valence-corrected chi connectivity index (χ0v) is 17.4. The number of hydrogen-bond acceptors (Lipinski definition) is 4. The molecule has 0 N–H and O–H groups in total. The lowest BCUT2D eigenvalue weighted by Crippen LogP contribution is -2.07. The molecule has 0 atom stereocenters. The zero-order valence-electron chi connectivity index (χ0n) is 15.8. The maximum atomic E-state index is 11.7. The summed E-state index contributed by atoms with van der Waals surface area (Å²) in [4.78, 5) is 17.7. The fourth-order valence-corrected chi connectivity index (χ4v) is 4.74. The lowest BCUT2D eigenvalue weighted by molar-refractivity contribution is -0.142. The van der Waals surface area contributed by atoms with Gasteiger partial charge in [-0.2, -0.15) is 0 Å². The van der Waals surface area contributed by atoms with Crippen molar-refractivity contribution in [1.82, 2.24) is 4.98 Å². The molecule has 2 heterocycles. The van der Waals surface area contributed by atoms with E-state index in [-0.39, 0.29) is 5.97 Å².